The topological polar surface area (TPSA) is 340 Å². The van der Waals surface area contributed by atoms with E-state index < -0.39 is 0 Å². The summed E-state index contributed by atoms with van der Waals surface area (Å²) >= 11 is 0. The molecule has 8 fully saturated rings. The lowest BCUT2D eigenvalue weighted by Crippen LogP contribution is -2.55. The lowest BCUT2D eigenvalue weighted by atomic mass is 9.81. The highest BCUT2D eigenvalue weighted by atomic mass is 16.1. The van der Waals surface area contributed by atoms with Crippen LogP contribution in [-0.2, 0) is 22.3 Å². The number of Topliss-reactive ketones (excluding diaryl/α,β-unsaturated/α-hetero) is 1. The highest BCUT2D eigenvalue weighted by molar-refractivity contribution is 6.01. The van der Waals surface area contributed by atoms with Crippen LogP contribution in [0.15, 0.2) is 144 Å². The van der Waals surface area contributed by atoms with Crippen molar-refractivity contribution in [2.75, 3.05) is 172 Å². The second kappa shape index (κ2) is 39.4. The molecule has 4 aliphatic carbocycles. The van der Waals surface area contributed by atoms with Crippen molar-refractivity contribution in [3.63, 3.8) is 0 Å². The molecule has 0 amide bonds. The van der Waals surface area contributed by atoms with Gasteiger partial charge in [-0.15, -0.1) is 0 Å². The largest absolute Gasteiger partial charge is 0.369 e. The quantitative estimate of drug-likeness (QED) is 0.0716. The van der Waals surface area contributed by atoms with Gasteiger partial charge in [0.05, 0.1) is 107 Å². The third-order valence-electron chi connectivity index (χ3n) is 31.2. The van der Waals surface area contributed by atoms with Crippen molar-refractivity contribution in [2.24, 2.45) is 15.0 Å². The van der Waals surface area contributed by atoms with Crippen molar-refractivity contribution in [1.82, 2.24) is 113 Å². The number of aromatic nitrogens is 18. The standard InChI is InChI=1S/C26H34N8O.C26H34N8.2C25H33N9/c1-18(2)32-10-12-33(13-11-32)20-6-7-23(27-16-20)30-25-28-15-19-14-21-22(35)17-29-26(8-4-3-5-9-26)34(21)24(19)31-25;1-19(2)32-12-14-33(15-13-32)21-7-8-22(27-17-21)30-25-28-16-20-6-9-23-29-18-26(10-4-3-5-11-26)34(23)24(20)31-25;2*1-18(2)32-10-12-33(13-11-32)19-6-7-21(27-14-19)30-24-28-15-20-23(31-24)34-22(16-26-20)29-17-25(34)8-4-3-5-9-25/h6-7,14-16,18,29H,3-5,8-13,17H2,1-2H3,(H,27,28,30,31);6-9,16-17,19,29H,3-5,10-15,18H2,1-2H3;2*6-7,14-16,18,29H,3-5,8-13,17H2,1-2H3. The Balaban J connectivity index is 0.000000109. The summed E-state index contributed by atoms with van der Waals surface area (Å²) in [4.78, 5) is 111. The Morgan fingerprint density at radius 3 is 1.12 bits per heavy atom. The molecule has 0 unspecified atom stereocenters. The van der Waals surface area contributed by atoms with E-state index in [-0.39, 0.29) is 28.1 Å². The Hall–Kier alpha value is -12.2. The Morgan fingerprint density at radius 2 is 0.723 bits per heavy atom. The van der Waals surface area contributed by atoms with Gasteiger partial charge in [-0.25, -0.2) is 49.8 Å². The van der Waals surface area contributed by atoms with E-state index in [1.54, 1.807) is 12.4 Å². The molecular formula is C102H134N34O. The van der Waals surface area contributed by atoms with E-state index in [2.05, 4.69) is 241 Å². The molecule has 0 radical (unpaired) electrons. The van der Waals surface area contributed by atoms with Crippen LogP contribution >= 0.6 is 0 Å². The van der Waals surface area contributed by atoms with E-state index in [0.717, 1.165) is 241 Å². The summed E-state index contributed by atoms with van der Waals surface area (Å²) in [5.74, 6) is 9.13. The zero-order valence-corrected chi connectivity index (χ0v) is 81.1. The van der Waals surface area contributed by atoms with Gasteiger partial charge in [0.25, 0.3) is 16.9 Å². The average molecular weight is 1850 g/mol. The molecule has 137 heavy (non-hydrogen) atoms. The number of carbonyl (C=O) groups is 1. The number of fused-ring (bicyclic) bond motifs is 16. The first kappa shape index (κ1) is 91.2. The zero-order chi connectivity index (χ0) is 93.4. The Kier molecular flexibility index (Phi) is 26.2. The van der Waals surface area contributed by atoms with E-state index in [1.807, 2.05) is 79.9 Å². The SMILES string of the molecule is CC(C)N1CCN(c2ccc(N=c3ncc4ccc5n(c-4n3)C3(CCCCC3)CN5)nc2)CC1.CC(C)N1CCN(c2ccc(N=c3ncc4ncc5n(c-4n3)C3(CCCCC3)CN5)nc2)CC1.CC(C)N1CCN(c2ccc(N=c3ncc4ncc5n(c-4n3)C3(CCCCC3)CN5)nc2)CC1.CC(C)N1CCN(c2ccc(Nc3ncc4cc5n(c4n3)C3(CCCCC3)NCC5=O)nc2)CC1. The lowest BCUT2D eigenvalue weighted by molar-refractivity contribution is 0.0807. The van der Waals surface area contributed by atoms with Crippen LogP contribution in [0, 0.1) is 0 Å². The fraction of sp³-hybridized carbons (Fsp3) is 0.549. The number of rotatable bonds is 13. The van der Waals surface area contributed by atoms with Gasteiger partial charge in [-0.2, -0.15) is 34.9 Å². The fourth-order valence-corrected chi connectivity index (χ4v) is 23.3. The minimum Gasteiger partial charge on any atom is -0.369 e. The molecule has 5 N–H and O–H groups in total. The summed E-state index contributed by atoms with van der Waals surface area (Å²) in [6, 6.07) is 24.9. The van der Waals surface area contributed by atoms with Gasteiger partial charge in [0.1, 0.15) is 46.1 Å². The Morgan fingerprint density at radius 1 is 0.343 bits per heavy atom. The fourth-order valence-electron chi connectivity index (χ4n) is 23.3. The van der Waals surface area contributed by atoms with Gasteiger partial charge in [0.2, 0.25) is 5.95 Å². The predicted octanol–water partition coefficient (Wildman–Crippen LogP) is 13.2. The number of ketones is 1. The molecule has 6 aromatic heterocycles. The van der Waals surface area contributed by atoms with Gasteiger partial charge >= 0.3 is 0 Å². The van der Waals surface area contributed by atoms with Crippen LogP contribution < -0.4 is 63.0 Å². The summed E-state index contributed by atoms with van der Waals surface area (Å²) in [7, 11) is 0. The molecule has 18 aliphatic rings. The molecular weight excluding hydrogens is 1720 g/mol. The summed E-state index contributed by atoms with van der Waals surface area (Å²) in [5.41, 5.74) is 10.2. The molecule has 20 heterocycles. The van der Waals surface area contributed by atoms with E-state index in [9.17, 15) is 4.79 Å². The number of pyridine rings is 5. The summed E-state index contributed by atoms with van der Waals surface area (Å²) in [5, 5.41) is 18.4. The van der Waals surface area contributed by atoms with E-state index >= 15 is 0 Å². The minimum absolute atomic E-state index is 0.0832. The van der Waals surface area contributed by atoms with Gasteiger partial charge in [-0.1, -0.05) is 64.2 Å². The molecule has 24 rings (SSSR count). The third-order valence-corrected chi connectivity index (χ3v) is 31.2. The highest BCUT2D eigenvalue weighted by Gasteiger charge is 2.46. The van der Waals surface area contributed by atoms with Crippen molar-refractivity contribution >= 4 is 86.2 Å². The average Bonchev–Trinajstić information content (AvgIpc) is 1.60. The minimum atomic E-state index is -0.228. The number of carbonyl (C=O) groups excluding carboxylic acids is 1. The van der Waals surface area contributed by atoms with E-state index in [4.69, 9.17) is 19.9 Å². The molecule has 35 heteroatoms. The maximum absolute atomic E-state index is 12.7. The van der Waals surface area contributed by atoms with Crippen molar-refractivity contribution in [3.05, 3.63) is 151 Å². The van der Waals surface area contributed by atoms with Crippen LogP contribution in [0.5, 0.6) is 0 Å². The van der Waals surface area contributed by atoms with Crippen molar-refractivity contribution in [2.45, 2.75) is 230 Å². The van der Waals surface area contributed by atoms with Crippen LogP contribution in [-0.4, -0.2) is 268 Å². The summed E-state index contributed by atoms with van der Waals surface area (Å²) < 4.78 is 9.30. The zero-order valence-electron chi connectivity index (χ0n) is 81.1. The van der Waals surface area contributed by atoms with Gasteiger partial charge in [0.15, 0.2) is 34.9 Å². The second-order valence-corrected chi connectivity index (χ2v) is 40.8. The molecule has 0 aromatic carbocycles. The molecule has 4 saturated heterocycles. The number of anilines is 9. The first-order chi connectivity index (χ1) is 66.9. The maximum atomic E-state index is 12.7. The molecule has 0 bridgehead atoms. The second-order valence-electron chi connectivity index (χ2n) is 40.8. The van der Waals surface area contributed by atoms with Crippen LogP contribution in [0.4, 0.5) is 69.4 Å². The van der Waals surface area contributed by atoms with Gasteiger partial charge in [0, 0.05) is 172 Å². The van der Waals surface area contributed by atoms with Crippen molar-refractivity contribution in [3.8, 4) is 34.4 Å². The van der Waals surface area contributed by atoms with Gasteiger partial charge < -0.3 is 59.1 Å². The number of nitrogens with one attached hydrogen (secondary N) is 5. The van der Waals surface area contributed by atoms with Crippen LogP contribution in [0.25, 0.3) is 45.5 Å². The molecule has 6 aromatic rings. The van der Waals surface area contributed by atoms with Crippen LogP contribution in [0.1, 0.15) is 194 Å². The van der Waals surface area contributed by atoms with E-state index in [0.29, 0.717) is 76.8 Å². The number of nitrogens with zero attached hydrogens (tertiary/aromatic N) is 29. The maximum Gasteiger partial charge on any atom is 0.253 e. The molecule has 4 spiro atoms. The summed E-state index contributed by atoms with van der Waals surface area (Å²) in [6.07, 6.45) is 42.9. The third kappa shape index (κ3) is 19.0. The van der Waals surface area contributed by atoms with Gasteiger partial charge in [-0.3, -0.25) is 29.7 Å². The smallest absolute Gasteiger partial charge is 0.253 e. The van der Waals surface area contributed by atoms with Crippen molar-refractivity contribution < 1.29 is 4.79 Å². The first-order valence-electron chi connectivity index (χ1n) is 50.9. The lowest BCUT2D eigenvalue weighted by Gasteiger charge is -2.43. The summed E-state index contributed by atoms with van der Waals surface area (Å²) in [6.45, 7) is 38.2. The highest BCUT2D eigenvalue weighted by Crippen LogP contribution is 2.48. The number of hydrogen-bond donors (Lipinski definition) is 5. The van der Waals surface area contributed by atoms with Gasteiger partial charge in [-0.05, 0) is 186 Å². The molecule has 0 atom stereocenters. The Labute approximate surface area is 802 Å². The molecule has 718 valence electrons. The van der Waals surface area contributed by atoms with Crippen LogP contribution in [0.3, 0.4) is 0 Å². The number of hydrogen-bond acceptors (Lipinski definition) is 31. The molecule has 14 aliphatic heterocycles. The molecule has 35 nitrogen and oxygen atoms in total. The monoisotopic (exact) mass is 1850 g/mol. The normalized spacial score (nSPS) is 20.7. The first-order valence-corrected chi connectivity index (χ1v) is 50.9. The van der Waals surface area contributed by atoms with Crippen LogP contribution in [0.2, 0.25) is 0 Å². The Bertz CT molecular complexity index is 5840. The predicted molar refractivity (Wildman–Crippen MR) is 537 cm³/mol. The van der Waals surface area contributed by atoms with Crippen molar-refractivity contribution in [1.29, 1.82) is 0 Å². The molecule has 4 saturated carbocycles. The number of piperazine rings is 4. The van der Waals surface area contributed by atoms with E-state index in [1.165, 1.54) is 103 Å².